The van der Waals surface area contributed by atoms with Crippen LogP contribution in [0.3, 0.4) is 0 Å². The lowest BCUT2D eigenvalue weighted by Crippen LogP contribution is -2.33. The second-order valence-corrected chi connectivity index (χ2v) is 5.44. The van der Waals surface area contributed by atoms with Crippen LogP contribution in [0.4, 0.5) is 8.78 Å². The molecule has 2 atom stereocenters. The first kappa shape index (κ1) is 18.2. The summed E-state index contributed by atoms with van der Waals surface area (Å²) in [4.78, 5) is 0. The van der Waals surface area contributed by atoms with Gasteiger partial charge in [0.1, 0.15) is 24.2 Å². The summed E-state index contributed by atoms with van der Waals surface area (Å²) in [6.45, 7) is 2.26. The summed E-state index contributed by atoms with van der Waals surface area (Å²) in [6, 6.07) is 10.9. The Balaban J connectivity index is 1.77. The molecule has 0 heterocycles. The van der Waals surface area contributed by atoms with Gasteiger partial charge in [0.2, 0.25) is 0 Å². The Labute approximate surface area is 140 Å². The average molecular weight is 337 g/mol. The summed E-state index contributed by atoms with van der Waals surface area (Å²) >= 11 is 0. The Morgan fingerprint density at radius 3 is 2.33 bits per heavy atom. The van der Waals surface area contributed by atoms with Crippen LogP contribution in [0.1, 0.15) is 18.5 Å². The highest BCUT2D eigenvalue weighted by molar-refractivity contribution is 5.28. The molecule has 0 fully saturated rings. The molecule has 0 amide bonds. The van der Waals surface area contributed by atoms with Gasteiger partial charge in [0, 0.05) is 18.7 Å². The number of methoxy groups -OCH3 is 1. The maximum Gasteiger partial charge on any atom is 0.162 e. The van der Waals surface area contributed by atoms with Crippen LogP contribution >= 0.6 is 0 Å². The van der Waals surface area contributed by atoms with E-state index in [1.54, 1.807) is 7.11 Å². The second-order valence-electron chi connectivity index (χ2n) is 5.44. The van der Waals surface area contributed by atoms with Crippen molar-refractivity contribution in [3.05, 3.63) is 59.7 Å². The van der Waals surface area contributed by atoms with Crippen LogP contribution in [0.5, 0.6) is 11.5 Å². The van der Waals surface area contributed by atoms with E-state index in [0.717, 1.165) is 23.4 Å². The molecule has 0 bridgehead atoms. The number of nitrogens with one attached hydrogen (secondary N) is 1. The van der Waals surface area contributed by atoms with Gasteiger partial charge in [0.05, 0.1) is 7.11 Å². The summed E-state index contributed by atoms with van der Waals surface area (Å²) < 4.78 is 36.2. The number of ether oxygens (including phenoxy) is 2. The summed E-state index contributed by atoms with van der Waals surface area (Å²) in [5.74, 6) is -0.951. The van der Waals surface area contributed by atoms with Gasteiger partial charge in [-0.25, -0.2) is 8.78 Å². The number of aliphatic hydroxyl groups excluding tert-OH is 1. The van der Waals surface area contributed by atoms with Crippen molar-refractivity contribution in [1.82, 2.24) is 5.32 Å². The Morgan fingerprint density at radius 1 is 1.04 bits per heavy atom. The molecular weight excluding hydrogens is 316 g/mol. The van der Waals surface area contributed by atoms with Gasteiger partial charge in [-0.05, 0) is 36.8 Å². The van der Waals surface area contributed by atoms with Crippen molar-refractivity contribution >= 4 is 0 Å². The van der Waals surface area contributed by atoms with Crippen molar-refractivity contribution < 1.29 is 23.4 Å². The molecular formula is C18H21F2NO3. The fraction of sp³-hybridized carbons (Fsp3) is 0.333. The Hall–Kier alpha value is -2.18. The molecule has 0 aliphatic heterocycles. The highest BCUT2D eigenvalue weighted by atomic mass is 19.2. The minimum absolute atomic E-state index is 0.0204. The van der Waals surface area contributed by atoms with Gasteiger partial charge >= 0.3 is 0 Å². The standard InChI is InChI=1S/C18H21F2NO3/c1-12(13-3-5-15(23-2)6-4-13)21-10-14(22)11-24-16-7-8-17(19)18(20)9-16/h3-9,12,14,21-22H,10-11H2,1-2H3. The largest absolute Gasteiger partial charge is 0.497 e. The predicted octanol–water partition coefficient (Wildman–Crippen LogP) is 3.06. The van der Waals surface area contributed by atoms with Crippen molar-refractivity contribution in [1.29, 1.82) is 0 Å². The Kier molecular flexibility index (Phi) is 6.52. The molecule has 130 valence electrons. The first-order chi connectivity index (χ1) is 11.5. The van der Waals surface area contributed by atoms with Crippen LogP contribution in [0.25, 0.3) is 0 Å². The third-order valence-corrected chi connectivity index (χ3v) is 3.61. The lowest BCUT2D eigenvalue weighted by Gasteiger charge is -2.18. The van der Waals surface area contributed by atoms with E-state index >= 15 is 0 Å². The Morgan fingerprint density at radius 2 is 1.71 bits per heavy atom. The maximum absolute atomic E-state index is 13.1. The van der Waals surface area contributed by atoms with E-state index in [1.807, 2.05) is 31.2 Å². The highest BCUT2D eigenvalue weighted by Gasteiger charge is 2.11. The molecule has 0 saturated heterocycles. The SMILES string of the molecule is COc1ccc(C(C)NCC(O)COc2ccc(F)c(F)c2)cc1. The van der Waals surface area contributed by atoms with Crippen LogP contribution in [0, 0.1) is 11.6 Å². The summed E-state index contributed by atoms with van der Waals surface area (Å²) in [5, 5.41) is 13.1. The van der Waals surface area contributed by atoms with E-state index in [4.69, 9.17) is 9.47 Å². The molecule has 2 rings (SSSR count). The van der Waals surface area contributed by atoms with Crippen molar-refractivity contribution in [2.45, 2.75) is 19.1 Å². The highest BCUT2D eigenvalue weighted by Crippen LogP contribution is 2.18. The van der Waals surface area contributed by atoms with Crippen molar-refractivity contribution in [2.75, 3.05) is 20.3 Å². The first-order valence-electron chi connectivity index (χ1n) is 7.63. The molecule has 2 aromatic carbocycles. The van der Waals surface area contributed by atoms with Gasteiger partial charge in [-0.3, -0.25) is 0 Å². The fourth-order valence-corrected chi connectivity index (χ4v) is 2.14. The molecule has 0 radical (unpaired) electrons. The molecule has 0 aliphatic carbocycles. The minimum atomic E-state index is -0.978. The fourth-order valence-electron chi connectivity index (χ4n) is 2.14. The van der Waals surface area contributed by atoms with Crippen molar-refractivity contribution in [3.8, 4) is 11.5 Å². The van der Waals surface area contributed by atoms with E-state index in [0.29, 0.717) is 6.54 Å². The van der Waals surface area contributed by atoms with Crippen LogP contribution < -0.4 is 14.8 Å². The topological polar surface area (TPSA) is 50.7 Å². The summed E-state index contributed by atoms with van der Waals surface area (Å²) in [6.07, 6.45) is -0.779. The van der Waals surface area contributed by atoms with E-state index < -0.39 is 17.7 Å². The molecule has 24 heavy (non-hydrogen) atoms. The van der Waals surface area contributed by atoms with E-state index in [-0.39, 0.29) is 18.4 Å². The van der Waals surface area contributed by atoms with E-state index in [1.165, 1.54) is 6.07 Å². The smallest absolute Gasteiger partial charge is 0.162 e. The van der Waals surface area contributed by atoms with Crippen LogP contribution in [0.2, 0.25) is 0 Å². The van der Waals surface area contributed by atoms with Crippen LogP contribution in [-0.2, 0) is 0 Å². The van der Waals surface area contributed by atoms with Crippen molar-refractivity contribution in [3.63, 3.8) is 0 Å². The van der Waals surface area contributed by atoms with E-state index in [9.17, 15) is 13.9 Å². The second kappa shape index (κ2) is 8.61. The monoisotopic (exact) mass is 337 g/mol. The predicted molar refractivity (Wildman–Crippen MR) is 87.3 cm³/mol. The average Bonchev–Trinajstić information content (AvgIpc) is 2.60. The summed E-state index contributed by atoms with van der Waals surface area (Å²) in [7, 11) is 1.61. The Bertz CT molecular complexity index is 649. The summed E-state index contributed by atoms with van der Waals surface area (Å²) in [5.41, 5.74) is 1.06. The van der Waals surface area contributed by atoms with Gasteiger partial charge in [0.15, 0.2) is 11.6 Å². The third kappa shape index (κ3) is 5.18. The molecule has 2 N–H and O–H groups in total. The zero-order chi connectivity index (χ0) is 17.5. The molecule has 0 aromatic heterocycles. The van der Waals surface area contributed by atoms with E-state index in [2.05, 4.69) is 5.32 Å². The normalized spacial score (nSPS) is 13.4. The lowest BCUT2D eigenvalue weighted by molar-refractivity contribution is 0.104. The number of rotatable bonds is 8. The third-order valence-electron chi connectivity index (χ3n) is 3.61. The number of hydrogen-bond donors (Lipinski definition) is 2. The quantitative estimate of drug-likeness (QED) is 0.777. The number of benzene rings is 2. The molecule has 0 saturated carbocycles. The molecule has 6 heteroatoms. The molecule has 0 spiro atoms. The molecule has 2 unspecified atom stereocenters. The number of hydrogen-bond acceptors (Lipinski definition) is 4. The number of aliphatic hydroxyl groups is 1. The van der Waals surface area contributed by atoms with Gasteiger partial charge in [-0.1, -0.05) is 12.1 Å². The maximum atomic E-state index is 13.1. The van der Waals surface area contributed by atoms with Gasteiger partial charge < -0.3 is 19.9 Å². The van der Waals surface area contributed by atoms with Gasteiger partial charge in [-0.2, -0.15) is 0 Å². The zero-order valence-electron chi connectivity index (χ0n) is 13.6. The van der Waals surface area contributed by atoms with Gasteiger partial charge in [0.25, 0.3) is 0 Å². The van der Waals surface area contributed by atoms with Crippen LogP contribution in [0.15, 0.2) is 42.5 Å². The molecule has 4 nitrogen and oxygen atoms in total. The van der Waals surface area contributed by atoms with Crippen molar-refractivity contribution in [2.24, 2.45) is 0 Å². The minimum Gasteiger partial charge on any atom is -0.497 e. The zero-order valence-corrected chi connectivity index (χ0v) is 13.6. The molecule has 2 aromatic rings. The number of halogens is 2. The lowest BCUT2D eigenvalue weighted by atomic mass is 10.1. The van der Waals surface area contributed by atoms with Gasteiger partial charge in [-0.15, -0.1) is 0 Å². The first-order valence-corrected chi connectivity index (χ1v) is 7.63. The molecule has 0 aliphatic rings. The van der Waals surface area contributed by atoms with Crippen LogP contribution in [-0.4, -0.2) is 31.5 Å².